The van der Waals surface area contributed by atoms with Gasteiger partial charge in [0.1, 0.15) is 0 Å². The molecule has 43 heavy (non-hydrogen) atoms. The minimum atomic E-state index is -1.73. The van der Waals surface area contributed by atoms with Crippen LogP contribution in [0.4, 0.5) is 0 Å². The number of pyridine rings is 2. The molecular weight excluding hydrogens is 769 g/mol. The first-order valence-electron chi connectivity index (χ1n) is 14.3. The minimum absolute atomic E-state index is 0. The van der Waals surface area contributed by atoms with Crippen LogP contribution >= 0.6 is 0 Å². The third kappa shape index (κ3) is 6.23. The Morgan fingerprint density at radius 2 is 1.67 bits per heavy atom. The summed E-state index contributed by atoms with van der Waals surface area (Å²) in [7, 11) is 0. The van der Waals surface area contributed by atoms with Gasteiger partial charge in [-0.05, 0) is 38.1 Å². The summed E-state index contributed by atoms with van der Waals surface area (Å²) >= 11 is -1.73. The number of aromatic nitrogens is 4. The molecule has 0 atom stereocenters. The number of hydrogen-bond acceptors (Lipinski definition) is 4. The van der Waals surface area contributed by atoms with Crippen molar-refractivity contribution in [1.29, 1.82) is 0 Å². The Hall–Kier alpha value is -3.58. The summed E-state index contributed by atoms with van der Waals surface area (Å²) in [6.45, 7) is 7.00. The summed E-state index contributed by atoms with van der Waals surface area (Å²) in [5.41, 5.74) is 8.70. The molecule has 0 bridgehead atoms. The first-order chi connectivity index (χ1) is 20.2. The number of benzene rings is 3. The van der Waals surface area contributed by atoms with E-state index in [0.717, 1.165) is 62.3 Å². The molecule has 1 radical (unpaired) electrons. The summed E-state index contributed by atoms with van der Waals surface area (Å²) in [5.74, 6) is 8.03. The number of aryl methyl sites for hydroxylation is 3. The Bertz CT molecular complexity index is 2020. The molecule has 4 heterocycles. The number of imidazole rings is 1. The molecule has 219 valence electrons. The maximum absolute atomic E-state index is 6.12. The standard InChI is InChI=1S/C21H16N3O.C15H18GeN.Ir/c1-3-24-18-10-5-4-9-17(18)23-20(24)16-8-6-7-14-15-12-11-13(2)22-21(15)25-19(14)16;1-12-5-7-13(8-6-12)15-10-9-14(11-17-15)16(2,3)4;/h4-7,9-12H,3H2,1-2H3;5-7,9-11H,1-4H3;/q2*-1;. The number of rotatable bonds is 4. The second kappa shape index (κ2) is 12.6. The van der Waals surface area contributed by atoms with Crippen LogP contribution in [0.2, 0.25) is 17.3 Å². The second-order valence-corrected chi connectivity index (χ2v) is 22.3. The molecule has 0 aliphatic rings. The van der Waals surface area contributed by atoms with E-state index in [9.17, 15) is 0 Å². The number of hydrogen-bond donors (Lipinski definition) is 0. The molecule has 0 aliphatic carbocycles. The average Bonchev–Trinajstić information content (AvgIpc) is 3.55. The molecule has 7 heteroatoms. The van der Waals surface area contributed by atoms with E-state index in [0.29, 0.717) is 5.71 Å². The van der Waals surface area contributed by atoms with E-state index in [1.807, 2.05) is 55.6 Å². The largest absolute Gasteiger partial charge is 0 e. The molecule has 7 rings (SSSR count). The molecule has 4 aromatic heterocycles. The Morgan fingerprint density at radius 3 is 2.37 bits per heavy atom. The second-order valence-electron chi connectivity index (χ2n) is 11.6. The molecule has 0 saturated heterocycles. The topological polar surface area (TPSA) is 56.7 Å². The van der Waals surface area contributed by atoms with E-state index in [-0.39, 0.29) is 20.1 Å². The van der Waals surface area contributed by atoms with Crippen LogP contribution in [-0.2, 0) is 26.7 Å². The first-order valence-corrected chi connectivity index (χ1v) is 21.7. The summed E-state index contributed by atoms with van der Waals surface area (Å²) in [6.07, 6.45) is 2.04. The average molecular weight is 804 g/mol. The number of para-hydroxylation sites is 2. The molecule has 0 saturated carbocycles. The Balaban J connectivity index is 0.000000180. The van der Waals surface area contributed by atoms with Gasteiger partial charge in [-0.1, -0.05) is 23.1 Å². The van der Waals surface area contributed by atoms with Crippen molar-refractivity contribution in [2.45, 2.75) is 44.6 Å². The van der Waals surface area contributed by atoms with Crippen molar-refractivity contribution in [2.75, 3.05) is 0 Å². The van der Waals surface area contributed by atoms with E-state index in [1.54, 1.807) is 0 Å². The van der Waals surface area contributed by atoms with Gasteiger partial charge in [-0.2, -0.15) is 0 Å². The quantitative estimate of drug-likeness (QED) is 0.132. The fourth-order valence-electron chi connectivity index (χ4n) is 5.13. The van der Waals surface area contributed by atoms with Crippen molar-refractivity contribution < 1.29 is 24.5 Å². The zero-order valence-corrected chi connectivity index (χ0v) is 29.8. The Labute approximate surface area is 269 Å². The third-order valence-electron chi connectivity index (χ3n) is 7.51. The van der Waals surface area contributed by atoms with Crippen molar-refractivity contribution in [3.63, 3.8) is 0 Å². The van der Waals surface area contributed by atoms with Crippen molar-refractivity contribution in [2.24, 2.45) is 0 Å². The van der Waals surface area contributed by atoms with Crippen molar-refractivity contribution >= 4 is 50.8 Å². The van der Waals surface area contributed by atoms with Crippen LogP contribution in [0.1, 0.15) is 18.2 Å². The third-order valence-corrected chi connectivity index (χ3v) is 11.8. The van der Waals surface area contributed by atoms with Crippen LogP contribution in [-0.4, -0.2) is 32.8 Å². The smallest absolute Gasteiger partial charge is 0 e. The van der Waals surface area contributed by atoms with Gasteiger partial charge >= 0.3 is 106 Å². The predicted octanol–water partition coefficient (Wildman–Crippen LogP) is 8.53. The zero-order chi connectivity index (χ0) is 29.4. The van der Waals surface area contributed by atoms with Gasteiger partial charge < -0.3 is 8.98 Å². The summed E-state index contributed by atoms with van der Waals surface area (Å²) in [6, 6.07) is 33.4. The summed E-state index contributed by atoms with van der Waals surface area (Å²) in [4.78, 5) is 13.9. The van der Waals surface area contributed by atoms with Crippen molar-refractivity contribution in [3.05, 3.63) is 108 Å². The van der Waals surface area contributed by atoms with Gasteiger partial charge in [0.2, 0.25) is 5.71 Å². The van der Waals surface area contributed by atoms with Gasteiger partial charge in [-0.3, -0.25) is 4.98 Å². The molecule has 0 spiro atoms. The predicted molar refractivity (Wildman–Crippen MR) is 176 cm³/mol. The van der Waals surface area contributed by atoms with Gasteiger partial charge in [0.15, 0.2) is 0 Å². The summed E-state index contributed by atoms with van der Waals surface area (Å²) < 4.78 is 9.76. The Morgan fingerprint density at radius 1 is 0.860 bits per heavy atom. The maximum Gasteiger partial charge on any atom is 0 e. The van der Waals surface area contributed by atoms with Gasteiger partial charge in [0, 0.05) is 37.7 Å². The van der Waals surface area contributed by atoms with E-state index < -0.39 is 13.3 Å². The monoisotopic (exact) mass is 805 g/mol. The van der Waals surface area contributed by atoms with E-state index in [1.165, 1.54) is 9.96 Å². The molecule has 0 amide bonds. The van der Waals surface area contributed by atoms with Gasteiger partial charge in [-0.15, -0.1) is 18.2 Å². The van der Waals surface area contributed by atoms with Crippen LogP contribution in [0, 0.1) is 26.0 Å². The molecule has 0 fully saturated rings. The zero-order valence-electron chi connectivity index (χ0n) is 25.3. The molecule has 5 nitrogen and oxygen atoms in total. The Kier molecular flexibility index (Phi) is 9.02. The molecule has 0 unspecified atom stereocenters. The molecular formula is C36H34GeIrN4O-2. The normalized spacial score (nSPS) is 11.4. The fourth-order valence-corrected chi connectivity index (χ4v) is 7.30. The van der Waals surface area contributed by atoms with Crippen LogP contribution in [0.5, 0.6) is 0 Å². The number of fused-ring (bicyclic) bond motifs is 4. The van der Waals surface area contributed by atoms with Crippen LogP contribution < -0.4 is 4.40 Å². The molecule has 3 aromatic carbocycles. The maximum atomic E-state index is 6.12. The van der Waals surface area contributed by atoms with E-state index in [4.69, 9.17) is 9.40 Å². The first kappa shape index (κ1) is 30.9. The van der Waals surface area contributed by atoms with Gasteiger partial charge in [0.05, 0.1) is 22.4 Å². The number of furan rings is 1. The SMILES string of the molecule is CCn1c(-c2[c-]ccc3c2oc2nc(C)ccc23)nc2ccccc21.Cc1c[c-]c(-c2cc[c]([Ge]([CH3])([CH3])[CH3])cn2)cc1.[Ir]. The van der Waals surface area contributed by atoms with Gasteiger partial charge in [-0.25, -0.2) is 4.98 Å². The number of nitrogens with zero attached hydrogens (tertiary/aromatic N) is 4. The van der Waals surface area contributed by atoms with Crippen molar-refractivity contribution in [3.8, 4) is 22.6 Å². The van der Waals surface area contributed by atoms with Gasteiger partial charge in [0.25, 0.3) is 0 Å². The van der Waals surface area contributed by atoms with Crippen LogP contribution in [0.25, 0.3) is 55.7 Å². The van der Waals surface area contributed by atoms with Crippen LogP contribution in [0.3, 0.4) is 0 Å². The molecule has 0 aliphatic heterocycles. The van der Waals surface area contributed by atoms with E-state index in [2.05, 4.69) is 94.2 Å². The van der Waals surface area contributed by atoms with Crippen LogP contribution in [0.15, 0.2) is 89.5 Å². The summed E-state index contributed by atoms with van der Waals surface area (Å²) in [5, 5.41) is 2.07. The fraction of sp³-hybridized carbons (Fsp3) is 0.194. The molecule has 0 N–H and O–H groups in total. The van der Waals surface area contributed by atoms with E-state index >= 15 is 0 Å². The van der Waals surface area contributed by atoms with Crippen molar-refractivity contribution in [1.82, 2.24) is 19.5 Å². The minimum Gasteiger partial charge on any atom is 0 e. The molecule has 7 aromatic rings.